The molecule has 3 rings (SSSR count). The summed E-state index contributed by atoms with van der Waals surface area (Å²) in [5, 5.41) is 3.06. The molecule has 2 aromatic rings. The highest BCUT2D eigenvalue weighted by Gasteiger charge is 2.31. The van der Waals surface area contributed by atoms with E-state index in [1.807, 2.05) is 68.4 Å². The second-order valence-electron chi connectivity index (χ2n) is 7.56. The molecule has 1 heterocycles. The molecule has 0 radical (unpaired) electrons. The first kappa shape index (κ1) is 20.6. The lowest BCUT2D eigenvalue weighted by Crippen LogP contribution is -2.43. The molecule has 6 heteroatoms. The van der Waals surface area contributed by atoms with Crippen LogP contribution in [0.5, 0.6) is 0 Å². The van der Waals surface area contributed by atoms with E-state index in [1.54, 1.807) is 0 Å². The third kappa shape index (κ3) is 5.20. The van der Waals surface area contributed by atoms with Crippen molar-refractivity contribution in [3.05, 3.63) is 71.3 Å². The maximum Gasteiger partial charge on any atom is 0.223 e. The van der Waals surface area contributed by atoms with Crippen molar-refractivity contribution < 1.29 is 13.2 Å². The lowest BCUT2D eigenvalue weighted by molar-refractivity contribution is -0.126. The summed E-state index contributed by atoms with van der Waals surface area (Å²) in [4.78, 5) is 12.6. The van der Waals surface area contributed by atoms with Crippen molar-refractivity contribution in [2.24, 2.45) is 5.92 Å². The fourth-order valence-electron chi connectivity index (χ4n) is 3.66. The summed E-state index contributed by atoms with van der Waals surface area (Å²) < 4.78 is 27.0. The van der Waals surface area contributed by atoms with Crippen LogP contribution in [0.1, 0.15) is 42.5 Å². The lowest BCUT2D eigenvalue weighted by atomic mass is 9.96. The average molecular weight is 401 g/mol. The van der Waals surface area contributed by atoms with Crippen LogP contribution in [0.25, 0.3) is 0 Å². The van der Waals surface area contributed by atoms with Crippen molar-refractivity contribution in [2.75, 3.05) is 13.1 Å². The summed E-state index contributed by atoms with van der Waals surface area (Å²) >= 11 is 0. The first-order valence-electron chi connectivity index (χ1n) is 9.74. The topological polar surface area (TPSA) is 66.5 Å². The number of benzene rings is 2. The molecule has 0 saturated carbocycles. The van der Waals surface area contributed by atoms with Gasteiger partial charge in [-0.05, 0) is 37.8 Å². The van der Waals surface area contributed by atoms with Gasteiger partial charge in [-0.15, -0.1) is 0 Å². The summed E-state index contributed by atoms with van der Waals surface area (Å²) in [5.74, 6) is -0.125. The maximum absolute atomic E-state index is 12.7. The highest BCUT2D eigenvalue weighted by atomic mass is 32.2. The number of nitrogens with one attached hydrogen (secondary N) is 1. The van der Waals surface area contributed by atoms with Gasteiger partial charge in [-0.3, -0.25) is 4.79 Å². The van der Waals surface area contributed by atoms with Crippen molar-refractivity contribution >= 4 is 15.9 Å². The van der Waals surface area contributed by atoms with Crippen molar-refractivity contribution in [3.8, 4) is 0 Å². The SMILES string of the molecule is Cc1cccc(CS(=O)(=O)N2CCC(C(=O)NC(C)c3ccccc3)CC2)c1. The molecule has 2 aromatic carbocycles. The molecule has 28 heavy (non-hydrogen) atoms. The molecule has 1 atom stereocenters. The molecule has 0 spiro atoms. The highest BCUT2D eigenvalue weighted by Crippen LogP contribution is 2.23. The number of aryl methyl sites for hydroxylation is 1. The zero-order valence-electron chi connectivity index (χ0n) is 16.5. The Morgan fingerprint density at radius 3 is 2.43 bits per heavy atom. The van der Waals surface area contributed by atoms with Gasteiger partial charge in [-0.1, -0.05) is 60.2 Å². The number of rotatable bonds is 6. The van der Waals surface area contributed by atoms with Crippen LogP contribution in [-0.2, 0) is 20.6 Å². The summed E-state index contributed by atoms with van der Waals surface area (Å²) in [6.07, 6.45) is 1.11. The van der Waals surface area contributed by atoms with E-state index in [-0.39, 0.29) is 23.6 Å². The zero-order chi connectivity index (χ0) is 20.1. The fourth-order valence-corrected chi connectivity index (χ4v) is 5.21. The number of sulfonamides is 1. The molecular formula is C22H28N2O3S. The summed E-state index contributed by atoms with van der Waals surface area (Å²) in [7, 11) is -3.37. The van der Waals surface area contributed by atoms with Crippen molar-refractivity contribution in [1.29, 1.82) is 0 Å². The number of amides is 1. The molecule has 1 unspecified atom stereocenters. The molecule has 0 bridgehead atoms. The minimum atomic E-state index is -3.37. The van der Waals surface area contributed by atoms with E-state index in [1.165, 1.54) is 4.31 Å². The summed E-state index contributed by atoms with van der Waals surface area (Å²) in [5.41, 5.74) is 2.92. The van der Waals surface area contributed by atoms with Gasteiger partial charge in [0.05, 0.1) is 11.8 Å². The molecule has 0 aliphatic carbocycles. The molecule has 1 fully saturated rings. The van der Waals surface area contributed by atoms with Crippen LogP contribution >= 0.6 is 0 Å². The van der Waals surface area contributed by atoms with Gasteiger partial charge in [0.1, 0.15) is 0 Å². The molecule has 1 aliphatic rings. The third-order valence-electron chi connectivity index (χ3n) is 5.31. The van der Waals surface area contributed by atoms with E-state index in [2.05, 4.69) is 5.32 Å². The van der Waals surface area contributed by atoms with Gasteiger partial charge in [-0.2, -0.15) is 0 Å². The van der Waals surface area contributed by atoms with E-state index in [9.17, 15) is 13.2 Å². The van der Waals surface area contributed by atoms with Crippen LogP contribution < -0.4 is 5.32 Å². The zero-order valence-corrected chi connectivity index (χ0v) is 17.3. The van der Waals surface area contributed by atoms with E-state index in [4.69, 9.17) is 0 Å². The van der Waals surface area contributed by atoms with Gasteiger partial charge in [0.15, 0.2) is 0 Å². The predicted octanol–water partition coefficient (Wildman–Crippen LogP) is 3.41. The van der Waals surface area contributed by atoms with Crippen LogP contribution in [-0.4, -0.2) is 31.7 Å². The molecule has 150 valence electrons. The van der Waals surface area contributed by atoms with Crippen molar-refractivity contribution in [1.82, 2.24) is 9.62 Å². The summed E-state index contributed by atoms with van der Waals surface area (Å²) in [6.45, 7) is 4.71. The van der Waals surface area contributed by atoms with Gasteiger partial charge in [0.2, 0.25) is 15.9 Å². The molecule has 0 aromatic heterocycles. The number of piperidine rings is 1. The van der Waals surface area contributed by atoms with Crippen LogP contribution in [0.3, 0.4) is 0 Å². The first-order chi connectivity index (χ1) is 13.3. The number of carbonyl (C=O) groups excluding carboxylic acids is 1. The molecule has 5 nitrogen and oxygen atoms in total. The average Bonchev–Trinajstić information content (AvgIpc) is 2.68. The van der Waals surface area contributed by atoms with E-state index < -0.39 is 10.0 Å². The van der Waals surface area contributed by atoms with Crippen LogP contribution in [0.2, 0.25) is 0 Å². The predicted molar refractivity (Wildman–Crippen MR) is 111 cm³/mol. The number of nitrogens with zero attached hydrogens (tertiary/aromatic N) is 1. The smallest absolute Gasteiger partial charge is 0.223 e. The van der Waals surface area contributed by atoms with Gasteiger partial charge in [0, 0.05) is 19.0 Å². The fraction of sp³-hybridized carbons (Fsp3) is 0.409. The Kier molecular flexibility index (Phi) is 6.52. The second kappa shape index (κ2) is 8.88. The summed E-state index contributed by atoms with van der Waals surface area (Å²) in [6, 6.07) is 17.4. The minimum Gasteiger partial charge on any atom is -0.349 e. The van der Waals surface area contributed by atoms with E-state index in [0.717, 1.165) is 16.7 Å². The first-order valence-corrected chi connectivity index (χ1v) is 11.3. The number of hydrogen-bond donors (Lipinski definition) is 1. The number of carbonyl (C=O) groups is 1. The molecule has 1 amide bonds. The largest absolute Gasteiger partial charge is 0.349 e. The van der Waals surface area contributed by atoms with E-state index >= 15 is 0 Å². The second-order valence-corrected chi connectivity index (χ2v) is 9.53. The third-order valence-corrected chi connectivity index (χ3v) is 7.16. The monoisotopic (exact) mass is 400 g/mol. The molecule has 1 N–H and O–H groups in total. The standard InChI is InChI=1S/C22H28N2O3S/c1-17-7-6-8-19(15-17)16-28(26,27)24-13-11-21(12-14-24)22(25)23-18(2)20-9-4-3-5-10-20/h3-10,15,18,21H,11-14,16H2,1-2H3,(H,23,25). The van der Waals surface area contributed by atoms with Crippen LogP contribution in [0.15, 0.2) is 54.6 Å². The van der Waals surface area contributed by atoms with Crippen molar-refractivity contribution in [2.45, 2.75) is 38.5 Å². The normalized spacial score (nSPS) is 17.2. The molecular weight excluding hydrogens is 372 g/mol. The van der Waals surface area contributed by atoms with E-state index in [0.29, 0.717) is 25.9 Å². The van der Waals surface area contributed by atoms with Gasteiger partial charge >= 0.3 is 0 Å². The van der Waals surface area contributed by atoms with Gasteiger partial charge in [0.25, 0.3) is 0 Å². The minimum absolute atomic E-state index is 0.00656. The Balaban J connectivity index is 1.54. The molecule has 1 saturated heterocycles. The van der Waals surface area contributed by atoms with Crippen LogP contribution in [0, 0.1) is 12.8 Å². The Morgan fingerprint density at radius 1 is 1.11 bits per heavy atom. The highest BCUT2D eigenvalue weighted by molar-refractivity contribution is 7.88. The van der Waals surface area contributed by atoms with Crippen LogP contribution in [0.4, 0.5) is 0 Å². The maximum atomic E-state index is 12.7. The Bertz CT molecular complexity index is 904. The van der Waals surface area contributed by atoms with Gasteiger partial charge in [-0.25, -0.2) is 12.7 Å². The van der Waals surface area contributed by atoms with Crippen molar-refractivity contribution in [3.63, 3.8) is 0 Å². The number of hydrogen-bond acceptors (Lipinski definition) is 3. The quantitative estimate of drug-likeness (QED) is 0.808. The lowest BCUT2D eigenvalue weighted by Gasteiger charge is -2.31. The Hall–Kier alpha value is -2.18. The Morgan fingerprint density at radius 2 is 1.79 bits per heavy atom. The Labute approximate surface area is 167 Å². The molecule has 1 aliphatic heterocycles. The van der Waals surface area contributed by atoms with Gasteiger partial charge < -0.3 is 5.32 Å².